The van der Waals surface area contributed by atoms with Crippen LogP contribution in [0.2, 0.25) is 5.02 Å². The van der Waals surface area contributed by atoms with Crippen molar-refractivity contribution in [3.63, 3.8) is 0 Å². The summed E-state index contributed by atoms with van der Waals surface area (Å²) in [6.45, 7) is 3.99. The first-order valence-electron chi connectivity index (χ1n) is 5.19. The SMILES string of the molecule is CCCC(C)C(O)c1cccc(F)c1Cl. The molecule has 0 saturated carbocycles. The third-order valence-corrected chi connectivity index (χ3v) is 2.98. The molecule has 3 heteroatoms. The molecule has 0 spiro atoms. The lowest BCUT2D eigenvalue weighted by molar-refractivity contribution is 0.112. The lowest BCUT2D eigenvalue weighted by Gasteiger charge is -2.19. The number of aliphatic hydroxyl groups excluding tert-OH is 1. The Morgan fingerprint density at radius 3 is 2.73 bits per heavy atom. The van der Waals surface area contributed by atoms with Crippen molar-refractivity contribution < 1.29 is 9.50 Å². The van der Waals surface area contributed by atoms with Crippen molar-refractivity contribution in [3.05, 3.63) is 34.6 Å². The topological polar surface area (TPSA) is 20.2 Å². The first-order valence-corrected chi connectivity index (χ1v) is 5.57. The maximum absolute atomic E-state index is 13.1. The molecular weight excluding hydrogens is 215 g/mol. The van der Waals surface area contributed by atoms with Gasteiger partial charge in [-0.15, -0.1) is 0 Å². The second kappa shape index (κ2) is 5.47. The molecule has 15 heavy (non-hydrogen) atoms. The Balaban J connectivity index is 2.90. The first-order chi connectivity index (χ1) is 7.07. The summed E-state index contributed by atoms with van der Waals surface area (Å²) in [5, 5.41) is 10.0. The zero-order valence-electron chi connectivity index (χ0n) is 9.00. The van der Waals surface area contributed by atoms with Gasteiger partial charge in [-0.2, -0.15) is 0 Å². The highest BCUT2D eigenvalue weighted by Crippen LogP contribution is 2.31. The van der Waals surface area contributed by atoms with Gasteiger partial charge in [-0.1, -0.05) is 44.0 Å². The van der Waals surface area contributed by atoms with Gasteiger partial charge in [-0.25, -0.2) is 4.39 Å². The van der Waals surface area contributed by atoms with E-state index in [1.807, 2.05) is 6.92 Å². The molecule has 1 nitrogen and oxygen atoms in total. The van der Waals surface area contributed by atoms with Crippen molar-refractivity contribution in [2.45, 2.75) is 32.8 Å². The maximum Gasteiger partial charge on any atom is 0.142 e. The van der Waals surface area contributed by atoms with E-state index in [0.29, 0.717) is 5.56 Å². The highest BCUT2D eigenvalue weighted by molar-refractivity contribution is 6.31. The van der Waals surface area contributed by atoms with Crippen LogP contribution in [-0.2, 0) is 0 Å². The van der Waals surface area contributed by atoms with E-state index < -0.39 is 11.9 Å². The van der Waals surface area contributed by atoms with Crippen LogP contribution >= 0.6 is 11.6 Å². The summed E-state index contributed by atoms with van der Waals surface area (Å²) >= 11 is 5.80. The van der Waals surface area contributed by atoms with Crippen molar-refractivity contribution in [2.75, 3.05) is 0 Å². The monoisotopic (exact) mass is 230 g/mol. The molecule has 0 radical (unpaired) electrons. The molecule has 0 saturated heterocycles. The first kappa shape index (κ1) is 12.5. The number of aliphatic hydroxyl groups is 1. The molecule has 84 valence electrons. The van der Waals surface area contributed by atoms with Crippen LogP contribution in [0.3, 0.4) is 0 Å². The Kier molecular flexibility index (Phi) is 4.55. The summed E-state index contributed by atoms with van der Waals surface area (Å²) in [6.07, 6.45) is 1.20. The quantitative estimate of drug-likeness (QED) is 0.831. The minimum atomic E-state index is -0.687. The van der Waals surface area contributed by atoms with E-state index in [1.54, 1.807) is 12.1 Å². The number of halogens is 2. The van der Waals surface area contributed by atoms with Crippen molar-refractivity contribution >= 4 is 11.6 Å². The molecule has 1 aromatic carbocycles. The van der Waals surface area contributed by atoms with Gasteiger partial charge in [-0.3, -0.25) is 0 Å². The average Bonchev–Trinajstić information content (AvgIpc) is 2.21. The molecule has 1 aromatic rings. The predicted octanol–water partition coefficient (Wildman–Crippen LogP) is 3.95. The van der Waals surface area contributed by atoms with E-state index in [2.05, 4.69) is 6.92 Å². The van der Waals surface area contributed by atoms with E-state index in [1.165, 1.54) is 6.07 Å². The van der Waals surface area contributed by atoms with Gasteiger partial charge in [0, 0.05) is 5.56 Å². The van der Waals surface area contributed by atoms with Crippen LogP contribution in [0.15, 0.2) is 18.2 Å². The molecular formula is C12H16ClFO. The van der Waals surface area contributed by atoms with Crippen LogP contribution in [0.25, 0.3) is 0 Å². The number of benzene rings is 1. The van der Waals surface area contributed by atoms with E-state index in [9.17, 15) is 9.50 Å². The van der Waals surface area contributed by atoms with Crippen molar-refractivity contribution in [3.8, 4) is 0 Å². The van der Waals surface area contributed by atoms with Gasteiger partial charge in [-0.05, 0) is 18.4 Å². The third-order valence-electron chi connectivity index (χ3n) is 2.58. The van der Waals surface area contributed by atoms with Gasteiger partial charge in [0.1, 0.15) is 5.82 Å². The zero-order chi connectivity index (χ0) is 11.4. The molecule has 0 aliphatic rings. The maximum atomic E-state index is 13.1. The van der Waals surface area contributed by atoms with Gasteiger partial charge in [0.25, 0.3) is 0 Å². The van der Waals surface area contributed by atoms with Gasteiger partial charge in [0.15, 0.2) is 0 Å². The van der Waals surface area contributed by atoms with Crippen LogP contribution in [0.5, 0.6) is 0 Å². The van der Waals surface area contributed by atoms with Crippen molar-refractivity contribution in [2.24, 2.45) is 5.92 Å². The number of hydrogen-bond donors (Lipinski definition) is 1. The second-order valence-corrected chi connectivity index (χ2v) is 4.23. The van der Waals surface area contributed by atoms with E-state index in [-0.39, 0.29) is 10.9 Å². The van der Waals surface area contributed by atoms with Gasteiger partial charge >= 0.3 is 0 Å². The second-order valence-electron chi connectivity index (χ2n) is 3.85. The Morgan fingerprint density at radius 1 is 1.47 bits per heavy atom. The van der Waals surface area contributed by atoms with E-state index in [4.69, 9.17) is 11.6 Å². The van der Waals surface area contributed by atoms with Gasteiger partial charge < -0.3 is 5.11 Å². The fraction of sp³-hybridized carbons (Fsp3) is 0.500. The summed E-state index contributed by atoms with van der Waals surface area (Å²) in [6, 6.07) is 4.53. The standard InChI is InChI=1S/C12H16ClFO/c1-3-5-8(2)12(15)9-6-4-7-10(14)11(9)13/h4,6-8,12,15H,3,5H2,1-2H3. The average molecular weight is 231 g/mol. The Hall–Kier alpha value is -0.600. The number of rotatable bonds is 4. The summed E-state index contributed by atoms with van der Waals surface area (Å²) in [5.41, 5.74) is 0.484. The highest BCUT2D eigenvalue weighted by atomic mass is 35.5. The molecule has 0 fully saturated rings. The minimum absolute atomic E-state index is 0.0351. The van der Waals surface area contributed by atoms with Gasteiger partial charge in [0.2, 0.25) is 0 Å². The zero-order valence-corrected chi connectivity index (χ0v) is 9.76. The summed E-state index contributed by atoms with van der Waals surface area (Å²) < 4.78 is 13.1. The summed E-state index contributed by atoms with van der Waals surface area (Å²) in [4.78, 5) is 0. The van der Waals surface area contributed by atoms with Crippen molar-refractivity contribution in [1.82, 2.24) is 0 Å². The molecule has 1 rings (SSSR count). The van der Waals surface area contributed by atoms with Crippen LogP contribution < -0.4 is 0 Å². The molecule has 1 N–H and O–H groups in total. The van der Waals surface area contributed by atoms with Crippen molar-refractivity contribution in [1.29, 1.82) is 0 Å². The minimum Gasteiger partial charge on any atom is -0.388 e. The summed E-state index contributed by atoms with van der Waals surface area (Å²) in [5.74, 6) is -0.383. The third kappa shape index (κ3) is 2.93. The molecule has 2 atom stereocenters. The predicted molar refractivity (Wildman–Crippen MR) is 60.4 cm³/mol. The van der Waals surface area contributed by atoms with Crippen LogP contribution in [0.1, 0.15) is 38.4 Å². The smallest absolute Gasteiger partial charge is 0.142 e. The molecule has 2 unspecified atom stereocenters. The van der Waals surface area contributed by atoms with E-state index in [0.717, 1.165) is 12.8 Å². The largest absolute Gasteiger partial charge is 0.388 e. The Morgan fingerprint density at radius 2 is 2.13 bits per heavy atom. The molecule has 0 heterocycles. The molecule has 0 aliphatic heterocycles. The molecule has 0 amide bonds. The lowest BCUT2D eigenvalue weighted by atomic mass is 9.93. The fourth-order valence-corrected chi connectivity index (χ4v) is 1.91. The van der Waals surface area contributed by atoms with E-state index >= 15 is 0 Å². The van der Waals surface area contributed by atoms with Gasteiger partial charge in [0.05, 0.1) is 11.1 Å². The molecule has 0 bridgehead atoms. The van der Waals surface area contributed by atoms with Crippen LogP contribution in [-0.4, -0.2) is 5.11 Å². The molecule has 0 aliphatic carbocycles. The van der Waals surface area contributed by atoms with Crippen LogP contribution in [0.4, 0.5) is 4.39 Å². The Labute approximate surface area is 94.9 Å². The Bertz CT molecular complexity index is 327. The summed E-state index contributed by atoms with van der Waals surface area (Å²) in [7, 11) is 0. The highest BCUT2D eigenvalue weighted by Gasteiger charge is 2.19. The lowest BCUT2D eigenvalue weighted by Crippen LogP contribution is -2.10. The van der Waals surface area contributed by atoms with Crippen LogP contribution in [0, 0.1) is 11.7 Å². The number of hydrogen-bond acceptors (Lipinski definition) is 1. The fourth-order valence-electron chi connectivity index (χ4n) is 1.67. The molecule has 0 aromatic heterocycles. The normalized spacial score (nSPS) is 15.0.